The summed E-state index contributed by atoms with van der Waals surface area (Å²) >= 11 is 0. The average molecular weight is 470 g/mol. The van der Waals surface area contributed by atoms with Gasteiger partial charge in [-0.2, -0.15) is 10.3 Å². The van der Waals surface area contributed by atoms with Crippen LogP contribution in [0.5, 0.6) is 0 Å². The van der Waals surface area contributed by atoms with Crippen molar-refractivity contribution < 1.29 is 9.53 Å². The number of amides is 1. The van der Waals surface area contributed by atoms with Gasteiger partial charge >= 0.3 is 0 Å². The first kappa shape index (κ1) is 24.0. The predicted octanol–water partition coefficient (Wildman–Crippen LogP) is 3.51. The van der Waals surface area contributed by atoms with Gasteiger partial charge in [0, 0.05) is 25.4 Å². The second kappa shape index (κ2) is 9.28. The SMILES string of the molecule is COCCn1c(=NC(=O)c2ccc(C(C)(C)C)cc2)c(C#N)cc2c(=O)n3cccc(C)c3nc21. The minimum atomic E-state index is -0.485. The van der Waals surface area contributed by atoms with Crippen molar-refractivity contribution in [3.8, 4) is 6.07 Å². The Labute approximate surface area is 202 Å². The van der Waals surface area contributed by atoms with Crippen molar-refractivity contribution in [2.45, 2.75) is 39.7 Å². The minimum absolute atomic E-state index is 0.0468. The Morgan fingerprint density at radius 2 is 1.89 bits per heavy atom. The molecule has 0 radical (unpaired) electrons. The molecule has 0 bridgehead atoms. The van der Waals surface area contributed by atoms with Crippen molar-refractivity contribution in [2.24, 2.45) is 4.99 Å². The summed E-state index contributed by atoms with van der Waals surface area (Å²) in [5, 5.41) is 10.2. The number of nitriles is 1. The lowest BCUT2D eigenvalue weighted by molar-refractivity contribution is 0.0996. The third kappa shape index (κ3) is 4.51. The molecule has 178 valence electrons. The number of fused-ring (bicyclic) bond motifs is 2. The van der Waals surface area contributed by atoms with Gasteiger partial charge in [0.25, 0.3) is 11.5 Å². The van der Waals surface area contributed by atoms with Crippen LogP contribution >= 0.6 is 0 Å². The van der Waals surface area contributed by atoms with Gasteiger partial charge in [-0.15, -0.1) is 0 Å². The van der Waals surface area contributed by atoms with Crippen molar-refractivity contribution in [1.29, 1.82) is 5.26 Å². The summed E-state index contributed by atoms with van der Waals surface area (Å²) in [6.45, 7) is 8.70. The maximum Gasteiger partial charge on any atom is 0.278 e. The highest BCUT2D eigenvalue weighted by Gasteiger charge is 2.17. The molecular weight excluding hydrogens is 442 g/mol. The quantitative estimate of drug-likeness (QED) is 0.426. The maximum atomic E-state index is 13.3. The monoisotopic (exact) mass is 469 g/mol. The lowest BCUT2D eigenvalue weighted by Gasteiger charge is -2.18. The standard InChI is InChI=1S/C27H27N5O3/c1-17-7-6-12-32-22(17)29-24-21(26(32)34)15-19(16-28)23(31(24)13-14-35-5)30-25(33)18-8-10-20(11-9-18)27(2,3)4/h6-12,15H,13-14H2,1-5H3. The minimum Gasteiger partial charge on any atom is -0.383 e. The van der Waals surface area contributed by atoms with E-state index in [-0.39, 0.29) is 40.6 Å². The highest BCUT2D eigenvalue weighted by molar-refractivity contribution is 5.95. The number of pyridine rings is 2. The van der Waals surface area contributed by atoms with E-state index in [1.807, 2.05) is 25.1 Å². The van der Waals surface area contributed by atoms with Gasteiger partial charge in [-0.1, -0.05) is 39.0 Å². The number of nitrogens with zero attached hydrogens (tertiary/aromatic N) is 5. The highest BCUT2D eigenvalue weighted by atomic mass is 16.5. The Morgan fingerprint density at radius 3 is 2.51 bits per heavy atom. The lowest BCUT2D eigenvalue weighted by atomic mass is 9.87. The molecule has 4 rings (SSSR count). The second-order valence-corrected chi connectivity index (χ2v) is 9.42. The molecule has 0 spiro atoms. The summed E-state index contributed by atoms with van der Waals surface area (Å²) < 4.78 is 8.33. The fourth-order valence-electron chi connectivity index (χ4n) is 3.96. The van der Waals surface area contributed by atoms with Crippen LogP contribution in [-0.4, -0.2) is 33.6 Å². The number of methoxy groups -OCH3 is 1. The van der Waals surface area contributed by atoms with Gasteiger partial charge in [-0.3, -0.25) is 14.0 Å². The molecule has 0 fully saturated rings. The van der Waals surface area contributed by atoms with E-state index in [1.54, 1.807) is 36.1 Å². The average Bonchev–Trinajstić information content (AvgIpc) is 2.83. The molecule has 35 heavy (non-hydrogen) atoms. The van der Waals surface area contributed by atoms with E-state index in [0.29, 0.717) is 16.9 Å². The Morgan fingerprint density at radius 1 is 1.17 bits per heavy atom. The number of aryl methyl sites for hydroxylation is 1. The Bertz CT molecular complexity index is 1610. The fraction of sp³-hybridized carbons (Fsp3) is 0.296. The highest BCUT2D eigenvalue weighted by Crippen LogP contribution is 2.22. The van der Waals surface area contributed by atoms with Gasteiger partial charge < -0.3 is 9.30 Å². The van der Waals surface area contributed by atoms with Crippen molar-refractivity contribution in [3.05, 3.63) is 86.8 Å². The van der Waals surface area contributed by atoms with Gasteiger partial charge in [0.15, 0.2) is 5.49 Å². The molecule has 0 atom stereocenters. The Hall–Kier alpha value is -4.09. The molecule has 0 aliphatic rings. The number of benzene rings is 1. The van der Waals surface area contributed by atoms with Crippen LogP contribution in [-0.2, 0) is 16.7 Å². The summed E-state index contributed by atoms with van der Waals surface area (Å²) in [6, 6.07) is 14.5. The van der Waals surface area contributed by atoms with Gasteiger partial charge in [0.05, 0.1) is 17.6 Å². The number of carbonyl (C=O) groups excluding carboxylic acids is 1. The molecule has 0 unspecified atom stereocenters. The first-order valence-corrected chi connectivity index (χ1v) is 11.3. The number of hydrogen-bond donors (Lipinski definition) is 0. The maximum absolute atomic E-state index is 13.3. The first-order chi connectivity index (χ1) is 16.7. The van der Waals surface area contributed by atoms with Gasteiger partial charge in [-0.25, -0.2) is 4.98 Å². The molecule has 0 N–H and O–H groups in total. The molecule has 3 aromatic heterocycles. The van der Waals surface area contributed by atoms with E-state index in [9.17, 15) is 14.9 Å². The molecule has 4 aromatic rings. The number of hydrogen-bond acceptors (Lipinski definition) is 5. The third-order valence-electron chi connectivity index (χ3n) is 5.95. The van der Waals surface area contributed by atoms with Crippen molar-refractivity contribution in [3.63, 3.8) is 0 Å². The third-order valence-corrected chi connectivity index (χ3v) is 5.95. The van der Waals surface area contributed by atoms with E-state index < -0.39 is 5.91 Å². The lowest BCUT2D eigenvalue weighted by Crippen LogP contribution is -2.30. The number of ether oxygens (including phenoxy) is 1. The molecule has 1 amide bonds. The zero-order valence-corrected chi connectivity index (χ0v) is 20.5. The van der Waals surface area contributed by atoms with Gasteiger partial charge in [0.2, 0.25) is 0 Å². The molecule has 1 aromatic carbocycles. The summed E-state index contributed by atoms with van der Waals surface area (Å²) in [5.41, 5.74) is 3.07. The number of carbonyl (C=O) groups is 1. The van der Waals surface area contributed by atoms with Crippen LogP contribution < -0.4 is 11.0 Å². The summed E-state index contributed by atoms with van der Waals surface area (Å²) in [4.78, 5) is 35.5. The molecule has 3 heterocycles. The zero-order chi connectivity index (χ0) is 25.3. The van der Waals surface area contributed by atoms with E-state index in [0.717, 1.165) is 11.1 Å². The van der Waals surface area contributed by atoms with Crippen molar-refractivity contribution in [1.82, 2.24) is 14.0 Å². The fourth-order valence-corrected chi connectivity index (χ4v) is 3.96. The normalized spacial score (nSPS) is 12.3. The molecule has 0 aliphatic heterocycles. The smallest absolute Gasteiger partial charge is 0.278 e. The zero-order valence-electron chi connectivity index (χ0n) is 20.5. The molecule has 0 saturated heterocycles. The summed E-state index contributed by atoms with van der Waals surface area (Å²) in [6.07, 6.45) is 1.64. The van der Waals surface area contributed by atoms with E-state index in [4.69, 9.17) is 9.72 Å². The largest absolute Gasteiger partial charge is 0.383 e. The van der Waals surface area contributed by atoms with Crippen LogP contribution in [0, 0.1) is 18.3 Å². The van der Waals surface area contributed by atoms with Gasteiger partial charge in [-0.05, 0) is 47.7 Å². The molecule has 8 nitrogen and oxygen atoms in total. The number of rotatable bonds is 4. The molecule has 0 saturated carbocycles. The van der Waals surface area contributed by atoms with E-state index >= 15 is 0 Å². The summed E-state index contributed by atoms with van der Waals surface area (Å²) in [7, 11) is 1.55. The van der Waals surface area contributed by atoms with Crippen LogP contribution in [0.1, 0.15) is 47.8 Å². The van der Waals surface area contributed by atoms with Crippen LogP contribution in [0.2, 0.25) is 0 Å². The molecule has 8 heteroatoms. The van der Waals surface area contributed by atoms with Gasteiger partial charge in [0.1, 0.15) is 17.4 Å². The predicted molar refractivity (Wildman–Crippen MR) is 133 cm³/mol. The van der Waals surface area contributed by atoms with E-state index in [1.165, 1.54) is 10.5 Å². The van der Waals surface area contributed by atoms with Crippen molar-refractivity contribution in [2.75, 3.05) is 13.7 Å². The Kier molecular flexibility index (Phi) is 6.37. The first-order valence-electron chi connectivity index (χ1n) is 11.3. The molecular formula is C27H27N5O3. The Balaban J connectivity index is 2.00. The second-order valence-electron chi connectivity index (χ2n) is 9.42. The van der Waals surface area contributed by atoms with E-state index in [2.05, 4.69) is 31.8 Å². The van der Waals surface area contributed by atoms with Crippen LogP contribution in [0.25, 0.3) is 16.7 Å². The van der Waals surface area contributed by atoms with Crippen LogP contribution in [0.4, 0.5) is 0 Å². The summed E-state index contributed by atoms with van der Waals surface area (Å²) in [5.74, 6) is -0.485. The van der Waals surface area contributed by atoms with Crippen molar-refractivity contribution >= 4 is 22.6 Å². The van der Waals surface area contributed by atoms with Crippen LogP contribution in [0.15, 0.2) is 58.4 Å². The van der Waals surface area contributed by atoms with Crippen LogP contribution in [0.3, 0.4) is 0 Å². The number of aromatic nitrogens is 3. The molecule has 0 aliphatic carbocycles. The topological polar surface area (TPSA) is 102 Å².